The number of rotatable bonds is 0. The van der Waals surface area contributed by atoms with Crippen molar-refractivity contribution in [3.05, 3.63) is 27.2 Å². The molecule has 2 aromatic rings. The fourth-order valence-corrected chi connectivity index (χ4v) is 0.867. The molecule has 3 N–H and O–H groups in total. The minimum absolute atomic E-state index is 0. The Labute approximate surface area is 100 Å². The van der Waals surface area contributed by atoms with E-state index in [1.54, 1.807) is 0 Å². The van der Waals surface area contributed by atoms with Crippen LogP contribution in [0.5, 0.6) is 0 Å². The molecule has 0 saturated carbocycles. The summed E-state index contributed by atoms with van der Waals surface area (Å²) in [5.41, 5.74) is -0.445. The van der Waals surface area contributed by atoms with Gasteiger partial charge in [-0.25, -0.2) is 9.78 Å². The zero-order chi connectivity index (χ0) is 7.84. The number of hydrogen-bond donors (Lipinski definition) is 3. The van der Waals surface area contributed by atoms with Gasteiger partial charge >= 0.3 is 5.69 Å². The van der Waals surface area contributed by atoms with Gasteiger partial charge in [-0.1, -0.05) is 0 Å². The van der Waals surface area contributed by atoms with Crippen molar-refractivity contribution in [3.63, 3.8) is 0 Å². The van der Waals surface area contributed by atoms with Crippen molar-refractivity contribution in [2.45, 2.75) is 0 Å². The second kappa shape index (κ2) is 4.68. The maximum atomic E-state index is 10.9. The third-order valence-corrected chi connectivity index (χ3v) is 1.33. The minimum Gasteiger partial charge on any atom is -0.339 e. The number of aromatic amines is 3. The summed E-state index contributed by atoms with van der Waals surface area (Å²) in [5, 5.41) is 0. The van der Waals surface area contributed by atoms with Crippen LogP contribution in [0.2, 0.25) is 0 Å². The third kappa shape index (κ3) is 2.26. The molecule has 13 heavy (non-hydrogen) atoms. The van der Waals surface area contributed by atoms with Gasteiger partial charge in [0.05, 0.1) is 6.33 Å². The van der Waals surface area contributed by atoms with Crippen molar-refractivity contribution in [2.24, 2.45) is 0 Å². The Kier molecular flexibility index (Phi) is 4.51. The fourth-order valence-electron chi connectivity index (χ4n) is 0.867. The van der Waals surface area contributed by atoms with Gasteiger partial charge in [-0.3, -0.25) is 14.8 Å². The molecule has 0 fully saturated rings. The Morgan fingerprint density at radius 2 is 1.85 bits per heavy atom. The minimum atomic E-state index is -0.547. The summed E-state index contributed by atoms with van der Waals surface area (Å²) >= 11 is 0. The number of H-pyrrole nitrogens is 3. The number of fused-ring (bicyclic) bond motifs is 1. The van der Waals surface area contributed by atoms with Crippen LogP contribution in [0, 0.1) is 0 Å². The predicted octanol–water partition coefficient (Wildman–Crippen LogP) is -1.07. The van der Waals surface area contributed by atoms with Crippen LogP contribution in [0.3, 0.4) is 0 Å². The normalized spacial score (nSPS) is 8.92. The number of nitrogens with zero attached hydrogens (tertiary/aromatic N) is 1. The van der Waals surface area contributed by atoms with Crippen molar-refractivity contribution in [1.82, 2.24) is 19.9 Å². The molecule has 0 aliphatic rings. The van der Waals surface area contributed by atoms with Gasteiger partial charge < -0.3 is 4.98 Å². The second-order valence-electron chi connectivity index (χ2n) is 2.03. The van der Waals surface area contributed by atoms with E-state index >= 15 is 0 Å². The Hall–Kier alpha value is -0.473. The number of imidazole rings is 1. The summed E-state index contributed by atoms with van der Waals surface area (Å²) < 4.78 is 0. The zero-order valence-electron chi connectivity index (χ0n) is 6.16. The van der Waals surface area contributed by atoms with Crippen molar-refractivity contribution >= 4 is 11.2 Å². The molecular weight excluding hydrogens is 340 g/mol. The molecule has 0 unspecified atom stereocenters. The zero-order valence-corrected chi connectivity index (χ0v) is 10.2. The van der Waals surface area contributed by atoms with Gasteiger partial charge in [-0.2, -0.15) is 0 Å². The molecular formula is C5H4Mo2N4O2. The maximum absolute atomic E-state index is 10.9. The van der Waals surface area contributed by atoms with E-state index in [-0.39, 0.29) is 53.3 Å². The average Bonchev–Trinajstić information content (AvgIpc) is 2.34. The molecule has 0 amide bonds. The van der Waals surface area contributed by atoms with Gasteiger partial charge in [0.1, 0.15) is 5.52 Å². The fraction of sp³-hybridized carbons (Fsp3) is 0. The molecule has 0 saturated heterocycles. The molecule has 0 aliphatic heterocycles. The van der Waals surface area contributed by atoms with Crippen molar-refractivity contribution in [2.75, 3.05) is 0 Å². The summed E-state index contributed by atoms with van der Waals surface area (Å²) in [4.78, 5) is 32.3. The standard InChI is InChI=1S/C5H4N4O2.2Mo/c10-4-2-3(7-1-6-2)8-5(11)9-4;;/h1H,(H3,6,7,8,9,10,11);;. The molecule has 6 nitrogen and oxygen atoms in total. The molecule has 8 heteroatoms. The predicted molar refractivity (Wildman–Crippen MR) is 37.3 cm³/mol. The molecule has 2 heterocycles. The van der Waals surface area contributed by atoms with Gasteiger partial charge in [0.15, 0.2) is 5.65 Å². The van der Waals surface area contributed by atoms with Crippen LogP contribution in [0.25, 0.3) is 11.2 Å². The second-order valence-corrected chi connectivity index (χ2v) is 2.03. The molecule has 0 spiro atoms. The first-order valence-corrected chi connectivity index (χ1v) is 2.93. The van der Waals surface area contributed by atoms with Crippen LogP contribution in [0.4, 0.5) is 0 Å². The SMILES string of the molecule is O=c1[nH]c(=O)c2[nH]cnc2[nH]1.[Mo].[Mo]. The van der Waals surface area contributed by atoms with Crippen LogP contribution in [-0.2, 0) is 42.1 Å². The van der Waals surface area contributed by atoms with Gasteiger partial charge in [0, 0.05) is 42.1 Å². The van der Waals surface area contributed by atoms with E-state index in [1.165, 1.54) is 6.33 Å². The summed E-state index contributed by atoms with van der Waals surface area (Å²) in [5.74, 6) is 0. The molecule has 2 rings (SSSR count). The Bertz CT molecular complexity index is 499. The summed E-state index contributed by atoms with van der Waals surface area (Å²) in [6.45, 7) is 0. The van der Waals surface area contributed by atoms with E-state index in [0.29, 0.717) is 0 Å². The Morgan fingerprint density at radius 1 is 1.15 bits per heavy atom. The average molecular weight is 344 g/mol. The summed E-state index contributed by atoms with van der Waals surface area (Å²) in [6, 6.07) is 0. The summed E-state index contributed by atoms with van der Waals surface area (Å²) in [7, 11) is 0. The van der Waals surface area contributed by atoms with Crippen LogP contribution < -0.4 is 11.2 Å². The van der Waals surface area contributed by atoms with E-state index in [4.69, 9.17) is 0 Å². The summed E-state index contributed by atoms with van der Waals surface area (Å²) in [6.07, 6.45) is 1.34. The van der Waals surface area contributed by atoms with Crippen LogP contribution in [-0.4, -0.2) is 19.9 Å². The molecule has 2 aromatic heterocycles. The number of hydrogen-bond acceptors (Lipinski definition) is 3. The molecule has 0 atom stereocenters. The van der Waals surface area contributed by atoms with Gasteiger partial charge in [-0.05, 0) is 0 Å². The van der Waals surface area contributed by atoms with E-state index in [0.717, 1.165) is 0 Å². The van der Waals surface area contributed by atoms with E-state index in [2.05, 4.69) is 19.9 Å². The largest absolute Gasteiger partial charge is 0.339 e. The quantitative estimate of drug-likeness (QED) is 0.532. The first kappa shape index (κ1) is 12.5. The first-order valence-electron chi connectivity index (χ1n) is 2.93. The maximum Gasteiger partial charge on any atom is 0.327 e. The number of aromatic nitrogens is 4. The van der Waals surface area contributed by atoms with Gasteiger partial charge in [-0.15, -0.1) is 0 Å². The van der Waals surface area contributed by atoms with E-state index < -0.39 is 11.2 Å². The molecule has 0 radical (unpaired) electrons. The topological polar surface area (TPSA) is 94.4 Å². The first-order chi connectivity index (χ1) is 5.27. The molecule has 0 aromatic carbocycles. The molecule has 0 aliphatic carbocycles. The smallest absolute Gasteiger partial charge is 0.327 e. The third-order valence-electron chi connectivity index (χ3n) is 1.33. The van der Waals surface area contributed by atoms with Crippen LogP contribution in [0.15, 0.2) is 15.9 Å². The Balaban J connectivity index is 0.000000720. The Morgan fingerprint density at radius 3 is 2.54 bits per heavy atom. The van der Waals surface area contributed by atoms with Gasteiger partial charge in [0.25, 0.3) is 5.56 Å². The molecule has 68 valence electrons. The van der Waals surface area contributed by atoms with Crippen molar-refractivity contribution < 1.29 is 42.1 Å². The molecule has 0 bridgehead atoms. The van der Waals surface area contributed by atoms with Gasteiger partial charge in [0.2, 0.25) is 0 Å². The monoisotopic (exact) mass is 348 g/mol. The van der Waals surface area contributed by atoms with E-state index in [9.17, 15) is 9.59 Å². The van der Waals surface area contributed by atoms with Crippen LogP contribution >= 0.6 is 0 Å². The van der Waals surface area contributed by atoms with Crippen molar-refractivity contribution in [3.8, 4) is 0 Å². The van der Waals surface area contributed by atoms with E-state index in [1.807, 2.05) is 0 Å². The van der Waals surface area contributed by atoms with Crippen molar-refractivity contribution in [1.29, 1.82) is 0 Å². The number of nitrogens with one attached hydrogen (secondary N) is 3. The van der Waals surface area contributed by atoms with Crippen LogP contribution in [0.1, 0.15) is 0 Å².